The molecule has 6 aromatic carbocycles. The van der Waals surface area contributed by atoms with Crippen molar-refractivity contribution in [2.24, 2.45) is 0 Å². The third-order valence-corrected chi connectivity index (χ3v) is 9.90. The number of nitrogens with zero attached hydrogens (tertiary/aromatic N) is 3. The van der Waals surface area contributed by atoms with E-state index in [1.54, 1.807) is 0 Å². The lowest BCUT2D eigenvalue weighted by Gasteiger charge is -2.10. The molecule has 0 fully saturated rings. The Kier molecular flexibility index (Phi) is 6.32. The standard InChI is InChI=1S/C42H27N3S/c1-4-13-29(14-5-1)36-27-37(30-15-6-2-7-16-30)44-42(43-36)31-25-23-28(24-26-31)33-20-12-21-35-39-41(46-40(33)35)34-19-10-11-22-38(34)45(39)32-17-8-3-9-18-32/h1-27H. The van der Waals surface area contributed by atoms with Crippen molar-refractivity contribution in [1.29, 1.82) is 0 Å². The number of thiophene rings is 1. The molecule has 0 saturated heterocycles. The summed E-state index contributed by atoms with van der Waals surface area (Å²) in [6.45, 7) is 0. The number of hydrogen-bond donors (Lipinski definition) is 0. The smallest absolute Gasteiger partial charge is 0.160 e. The molecule has 46 heavy (non-hydrogen) atoms. The van der Waals surface area contributed by atoms with Crippen LogP contribution in [0.1, 0.15) is 0 Å². The molecule has 0 amide bonds. The summed E-state index contributed by atoms with van der Waals surface area (Å²) in [5.41, 5.74) is 11.1. The highest BCUT2D eigenvalue weighted by Gasteiger charge is 2.19. The summed E-state index contributed by atoms with van der Waals surface area (Å²) in [6, 6.07) is 57.5. The molecule has 0 spiro atoms. The molecule has 0 aliphatic rings. The molecule has 216 valence electrons. The van der Waals surface area contributed by atoms with Crippen LogP contribution >= 0.6 is 11.3 Å². The van der Waals surface area contributed by atoms with Crippen molar-refractivity contribution in [2.75, 3.05) is 0 Å². The highest BCUT2D eigenvalue weighted by Crippen LogP contribution is 2.45. The minimum atomic E-state index is 0.718. The van der Waals surface area contributed by atoms with E-state index in [1.165, 1.54) is 48.0 Å². The maximum Gasteiger partial charge on any atom is 0.160 e. The van der Waals surface area contributed by atoms with Gasteiger partial charge in [0, 0.05) is 37.9 Å². The van der Waals surface area contributed by atoms with Crippen molar-refractivity contribution in [3.05, 3.63) is 164 Å². The van der Waals surface area contributed by atoms with E-state index in [1.807, 2.05) is 47.7 Å². The number of rotatable bonds is 5. The average Bonchev–Trinajstić information content (AvgIpc) is 3.68. The van der Waals surface area contributed by atoms with E-state index in [0.29, 0.717) is 0 Å². The van der Waals surface area contributed by atoms with Gasteiger partial charge in [-0.2, -0.15) is 0 Å². The molecule has 3 aromatic heterocycles. The van der Waals surface area contributed by atoms with Crippen molar-refractivity contribution < 1.29 is 0 Å². The topological polar surface area (TPSA) is 30.7 Å². The van der Waals surface area contributed by atoms with Crippen LogP contribution in [0, 0.1) is 0 Å². The molecule has 0 radical (unpaired) electrons. The van der Waals surface area contributed by atoms with Crippen LogP contribution in [-0.2, 0) is 0 Å². The van der Waals surface area contributed by atoms with Gasteiger partial charge < -0.3 is 4.57 Å². The third kappa shape index (κ3) is 4.42. The van der Waals surface area contributed by atoms with Crippen LogP contribution < -0.4 is 0 Å². The molecule has 4 heteroatoms. The van der Waals surface area contributed by atoms with Gasteiger partial charge in [0.25, 0.3) is 0 Å². The Hall–Kier alpha value is -5.84. The Balaban J connectivity index is 1.18. The Morgan fingerprint density at radius 2 is 1.00 bits per heavy atom. The quantitative estimate of drug-likeness (QED) is 0.195. The first-order chi connectivity index (χ1) is 22.8. The molecule has 0 aliphatic heterocycles. The molecule has 0 saturated carbocycles. The molecular weight excluding hydrogens is 579 g/mol. The van der Waals surface area contributed by atoms with Gasteiger partial charge in [-0.1, -0.05) is 140 Å². The SMILES string of the molecule is c1ccc(-c2cc(-c3ccccc3)nc(-c3ccc(-c4cccc5c4sc4c6ccccc6n(-c6ccccc6)c54)cc3)n2)cc1. The number of benzene rings is 6. The van der Waals surface area contributed by atoms with Crippen LogP contribution in [0.2, 0.25) is 0 Å². The monoisotopic (exact) mass is 605 g/mol. The summed E-state index contributed by atoms with van der Waals surface area (Å²) in [6.07, 6.45) is 0. The maximum atomic E-state index is 5.03. The van der Waals surface area contributed by atoms with Crippen molar-refractivity contribution in [1.82, 2.24) is 14.5 Å². The van der Waals surface area contributed by atoms with Crippen LogP contribution in [0.15, 0.2) is 164 Å². The summed E-state index contributed by atoms with van der Waals surface area (Å²) >= 11 is 1.88. The first kappa shape index (κ1) is 26.6. The van der Waals surface area contributed by atoms with Gasteiger partial charge in [0.2, 0.25) is 0 Å². The first-order valence-corrected chi connectivity index (χ1v) is 16.2. The number of fused-ring (bicyclic) bond motifs is 5. The lowest BCUT2D eigenvalue weighted by molar-refractivity contribution is 1.18. The molecule has 0 atom stereocenters. The molecule has 3 heterocycles. The van der Waals surface area contributed by atoms with Crippen molar-refractivity contribution >= 4 is 42.5 Å². The molecule has 0 bridgehead atoms. The Labute approximate surface area is 270 Å². The zero-order chi connectivity index (χ0) is 30.5. The summed E-state index contributed by atoms with van der Waals surface area (Å²) in [5.74, 6) is 0.718. The van der Waals surface area contributed by atoms with E-state index in [4.69, 9.17) is 9.97 Å². The maximum absolute atomic E-state index is 5.03. The summed E-state index contributed by atoms with van der Waals surface area (Å²) < 4.78 is 5.03. The first-order valence-electron chi connectivity index (χ1n) is 15.4. The van der Waals surface area contributed by atoms with Gasteiger partial charge in [0.05, 0.1) is 27.1 Å². The van der Waals surface area contributed by atoms with Gasteiger partial charge in [-0.15, -0.1) is 11.3 Å². The van der Waals surface area contributed by atoms with Gasteiger partial charge in [0.15, 0.2) is 5.82 Å². The lowest BCUT2D eigenvalue weighted by Crippen LogP contribution is -1.96. The molecule has 0 N–H and O–H groups in total. The summed E-state index contributed by atoms with van der Waals surface area (Å²) in [7, 11) is 0. The van der Waals surface area contributed by atoms with Crippen LogP contribution in [0.4, 0.5) is 0 Å². The second kappa shape index (κ2) is 11.0. The van der Waals surface area contributed by atoms with E-state index >= 15 is 0 Å². The van der Waals surface area contributed by atoms with Crippen LogP contribution in [-0.4, -0.2) is 14.5 Å². The zero-order valence-electron chi connectivity index (χ0n) is 24.8. The Morgan fingerprint density at radius 3 is 1.67 bits per heavy atom. The molecule has 9 rings (SSSR count). The second-order valence-electron chi connectivity index (χ2n) is 11.4. The molecule has 3 nitrogen and oxygen atoms in total. The fourth-order valence-electron chi connectivity index (χ4n) is 6.45. The number of aromatic nitrogens is 3. The van der Waals surface area contributed by atoms with Gasteiger partial charge in [-0.25, -0.2) is 9.97 Å². The highest BCUT2D eigenvalue weighted by atomic mass is 32.1. The van der Waals surface area contributed by atoms with Crippen molar-refractivity contribution in [2.45, 2.75) is 0 Å². The second-order valence-corrected chi connectivity index (χ2v) is 12.4. The fraction of sp³-hybridized carbons (Fsp3) is 0. The normalized spacial score (nSPS) is 11.5. The van der Waals surface area contributed by atoms with Crippen molar-refractivity contribution in [3.63, 3.8) is 0 Å². The molecular formula is C42H27N3S. The average molecular weight is 606 g/mol. The van der Waals surface area contributed by atoms with E-state index in [9.17, 15) is 0 Å². The molecule has 9 aromatic rings. The lowest BCUT2D eigenvalue weighted by atomic mass is 10.0. The van der Waals surface area contributed by atoms with Crippen LogP contribution in [0.25, 0.3) is 81.9 Å². The van der Waals surface area contributed by atoms with Crippen LogP contribution in [0.5, 0.6) is 0 Å². The minimum absolute atomic E-state index is 0.718. The summed E-state index contributed by atoms with van der Waals surface area (Å²) in [4.78, 5) is 10.1. The van der Waals surface area contributed by atoms with Crippen LogP contribution in [0.3, 0.4) is 0 Å². The molecule has 0 unspecified atom stereocenters. The van der Waals surface area contributed by atoms with Gasteiger partial charge in [-0.3, -0.25) is 0 Å². The highest BCUT2D eigenvalue weighted by molar-refractivity contribution is 7.27. The van der Waals surface area contributed by atoms with Gasteiger partial charge in [-0.05, 0) is 35.4 Å². The fourth-order valence-corrected chi connectivity index (χ4v) is 7.81. The van der Waals surface area contributed by atoms with Crippen molar-refractivity contribution in [3.8, 4) is 50.7 Å². The van der Waals surface area contributed by atoms with E-state index in [-0.39, 0.29) is 0 Å². The predicted molar refractivity (Wildman–Crippen MR) is 193 cm³/mol. The largest absolute Gasteiger partial charge is 0.308 e. The number of para-hydroxylation sites is 2. The zero-order valence-corrected chi connectivity index (χ0v) is 25.7. The summed E-state index contributed by atoms with van der Waals surface area (Å²) in [5, 5.41) is 2.56. The van der Waals surface area contributed by atoms with E-state index in [0.717, 1.165) is 33.9 Å². The number of hydrogen-bond acceptors (Lipinski definition) is 3. The minimum Gasteiger partial charge on any atom is -0.308 e. The predicted octanol–water partition coefficient (Wildman–Crippen LogP) is 11.5. The van der Waals surface area contributed by atoms with E-state index < -0.39 is 0 Å². The molecule has 0 aliphatic carbocycles. The van der Waals surface area contributed by atoms with Gasteiger partial charge >= 0.3 is 0 Å². The Morgan fingerprint density at radius 1 is 0.435 bits per heavy atom. The van der Waals surface area contributed by atoms with E-state index in [2.05, 4.69) is 132 Å². The Bertz CT molecular complexity index is 2440. The van der Waals surface area contributed by atoms with Gasteiger partial charge in [0.1, 0.15) is 0 Å². The third-order valence-electron chi connectivity index (χ3n) is 8.64.